The number of methoxy groups -OCH3 is 1. The molecule has 19 heavy (non-hydrogen) atoms. The van der Waals surface area contributed by atoms with Crippen LogP contribution in [0.2, 0.25) is 0 Å². The number of ether oxygens (including phenoxy) is 1. The molecule has 0 radical (unpaired) electrons. The molecule has 0 aliphatic rings. The molecule has 1 N–H and O–H groups in total. The highest BCUT2D eigenvalue weighted by Crippen LogP contribution is 2.25. The Hall–Kier alpha value is -1.94. The highest BCUT2D eigenvalue weighted by Gasteiger charge is 2.15. The minimum Gasteiger partial charge on any atom is -0.496 e. The van der Waals surface area contributed by atoms with Crippen molar-refractivity contribution in [2.75, 3.05) is 13.7 Å². The first-order valence-corrected chi connectivity index (χ1v) is 6.40. The van der Waals surface area contributed by atoms with Gasteiger partial charge in [-0.2, -0.15) is 0 Å². The average molecular weight is 257 g/mol. The summed E-state index contributed by atoms with van der Waals surface area (Å²) in [5.41, 5.74) is 3.21. The minimum atomic E-state index is 0.0586. The van der Waals surface area contributed by atoms with Crippen molar-refractivity contribution in [3.05, 3.63) is 53.6 Å². The number of nitrogens with zero attached hydrogens (tertiary/aromatic N) is 2. The van der Waals surface area contributed by atoms with E-state index < -0.39 is 0 Å². The summed E-state index contributed by atoms with van der Waals surface area (Å²) in [5.74, 6) is 0.901. The van der Waals surface area contributed by atoms with Crippen LogP contribution in [0.5, 0.6) is 5.75 Å². The summed E-state index contributed by atoms with van der Waals surface area (Å²) in [6.45, 7) is 4.99. The second-order valence-corrected chi connectivity index (χ2v) is 4.35. The molecule has 4 heteroatoms. The van der Waals surface area contributed by atoms with Crippen molar-refractivity contribution in [1.29, 1.82) is 0 Å². The maximum atomic E-state index is 5.30. The van der Waals surface area contributed by atoms with Crippen molar-refractivity contribution < 1.29 is 4.74 Å². The summed E-state index contributed by atoms with van der Waals surface area (Å²) < 4.78 is 5.30. The lowest BCUT2D eigenvalue weighted by molar-refractivity contribution is 0.411. The van der Waals surface area contributed by atoms with E-state index in [2.05, 4.69) is 34.3 Å². The number of aryl methyl sites for hydroxylation is 1. The van der Waals surface area contributed by atoms with Crippen molar-refractivity contribution in [2.45, 2.75) is 19.9 Å². The van der Waals surface area contributed by atoms with Crippen LogP contribution in [0.4, 0.5) is 0 Å². The van der Waals surface area contributed by atoms with Gasteiger partial charge in [-0.25, -0.2) is 0 Å². The van der Waals surface area contributed by atoms with E-state index in [0.717, 1.165) is 23.6 Å². The van der Waals surface area contributed by atoms with Crippen LogP contribution in [0.1, 0.15) is 29.8 Å². The molecule has 0 aliphatic carbocycles. The van der Waals surface area contributed by atoms with Crippen LogP contribution in [0, 0.1) is 6.92 Å². The van der Waals surface area contributed by atoms with Crippen LogP contribution in [0.3, 0.4) is 0 Å². The molecule has 1 aromatic heterocycles. The molecule has 1 aromatic carbocycles. The zero-order valence-corrected chi connectivity index (χ0v) is 11.6. The number of hydrogen-bond acceptors (Lipinski definition) is 4. The minimum absolute atomic E-state index is 0.0586. The fourth-order valence-corrected chi connectivity index (χ4v) is 2.14. The van der Waals surface area contributed by atoms with E-state index in [9.17, 15) is 0 Å². The largest absolute Gasteiger partial charge is 0.496 e. The van der Waals surface area contributed by atoms with Gasteiger partial charge in [-0.1, -0.05) is 19.1 Å². The van der Waals surface area contributed by atoms with E-state index in [-0.39, 0.29) is 6.04 Å². The van der Waals surface area contributed by atoms with Crippen LogP contribution in [-0.2, 0) is 0 Å². The fourth-order valence-electron chi connectivity index (χ4n) is 2.14. The molecule has 0 bridgehead atoms. The second kappa shape index (κ2) is 6.29. The summed E-state index contributed by atoms with van der Waals surface area (Å²) in [4.78, 5) is 8.53. The van der Waals surface area contributed by atoms with Gasteiger partial charge in [0.15, 0.2) is 0 Å². The number of benzene rings is 1. The third-order valence-corrected chi connectivity index (χ3v) is 3.04. The summed E-state index contributed by atoms with van der Waals surface area (Å²) in [6.07, 6.45) is 5.20. The summed E-state index contributed by atoms with van der Waals surface area (Å²) in [7, 11) is 1.69. The van der Waals surface area contributed by atoms with Gasteiger partial charge < -0.3 is 10.1 Å². The highest BCUT2D eigenvalue weighted by atomic mass is 16.5. The van der Waals surface area contributed by atoms with Gasteiger partial charge >= 0.3 is 0 Å². The zero-order valence-electron chi connectivity index (χ0n) is 11.6. The Morgan fingerprint density at radius 1 is 1.32 bits per heavy atom. The standard InChI is InChI=1S/C15H19N3O/c1-4-17-15(13-10-16-7-8-18-13)12-5-6-14(19-3)11(2)9-12/h5-10,15,17H,4H2,1-3H3. The Balaban J connectivity index is 2.37. The highest BCUT2D eigenvalue weighted by molar-refractivity contribution is 5.39. The molecule has 0 amide bonds. The van der Waals surface area contributed by atoms with Gasteiger partial charge in [0.25, 0.3) is 0 Å². The predicted molar refractivity (Wildman–Crippen MR) is 75.3 cm³/mol. The molecule has 100 valence electrons. The predicted octanol–water partition coefficient (Wildman–Crippen LogP) is 2.49. The molecule has 0 saturated heterocycles. The van der Waals surface area contributed by atoms with Gasteiger partial charge in [0.1, 0.15) is 5.75 Å². The van der Waals surface area contributed by atoms with Crippen molar-refractivity contribution in [3.8, 4) is 5.75 Å². The Bertz CT molecular complexity index is 528. The molecule has 1 heterocycles. The lowest BCUT2D eigenvalue weighted by atomic mass is 10.0. The monoisotopic (exact) mass is 257 g/mol. The van der Waals surface area contributed by atoms with Gasteiger partial charge in [-0.05, 0) is 30.7 Å². The van der Waals surface area contributed by atoms with E-state index >= 15 is 0 Å². The van der Waals surface area contributed by atoms with Crippen molar-refractivity contribution in [2.24, 2.45) is 0 Å². The fraction of sp³-hybridized carbons (Fsp3) is 0.333. The van der Waals surface area contributed by atoms with E-state index in [1.54, 1.807) is 25.7 Å². The Morgan fingerprint density at radius 2 is 2.16 bits per heavy atom. The average Bonchev–Trinajstić information content (AvgIpc) is 2.45. The zero-order chi connectivity index (χ0) is 13.7. The molecule has 4 nitrogen and oxygen atoms in total. The first-order chi connectivity index (χ1) is 9.26. The quantitative estimate of drug-likeness (QED) is 0.894. The van der Waals surface area contributed by atoms with Gasteiger partial charge in [0, 0.05) is 12.4 Å². The molecule has 0 spiro atoms. The smallest absolute Gasteiger partial charge is 0.121 e. The molecular formula is C15H19N3O. The van der Waals surface area contributed by atoms with Crippen LogP contribution < -0.4 is 10.1 Å². The molecule has 0 aliphatic heterocycles. The Kier molecular flexibility index (Phi) is 4.47. The summed E-state index contributed by atoms with van der Waals surface area (Å²) in [6, 6.07) is 6.24. The van der Waals surface area contributed by atoms with Crippen molar-refractivity contribution in [1.82, 2.24) is 15.3 Å². The Labute approximate surface area is 113 Å². The first kappa shape index (κ1) is 13.5. The lowest BCUT2D eigenvalue weighted by Gasteiger charge is -2.18. The maximum Gasteiger partial charge on any atom is 0.121 e. The summed E-state index contributed by atoms with van der Waals surface area (Å²) >= 11 is 0. The van der Waals surface area contributed by atoms with Gasteiger partial charge in [0.05, 0.1) is 25.0 Å². The van der Waals surface area contributed by atoms with Gasteiger partial charge in [0.2, 0.25) is 0 Å². The van der Waals surface area contributed by atoms with Crippen molar-refractivity contribution in [3.63, 3.8) is 0 Å². The van der Waals surface area contributed by atoms with E-state index in [1.165, 1.54) is 5.56 Å². The van der Waals surface area contributed by atoms with Gasteiger partial charge in [-0.15, -0.1) is 0 Å². The maximum absolute atomic E-state index is 5.30. The molecule has 2 aromatic rings. The number of rotatable bonds is 5. The van der Waals surface area contributed by atoms with Crippen LogP contribution in [0.25, 0.3) is 0 Å². The third-order valence-electron chi connectivity index (χ3n) is 3.04. The van der Waals surface area contributed by atoms with Crippen LogP contribution in [0.15, 0.2) is 36.8 Å². The number of aromatic nitrogens is 2. The lowest BCUT2D eigenvalue weighted by Crippen LogP contribution is -2.23. The van der Waals surface area contributed by atoms with E-state index in [1.807, 2.05) is 13.0 Å². The van der Waals surface area contributed by atoms with Gasteiger partial charge in [-0.3, -0.25) is 9.97 Å². The topological polar surface area (TPSA) is 47.0 Å². The molecular weight excluding hydrogens is 238 g/mol. The van der Waals surface area contributed by atoms with E-state index in [4.69, 9.17) is 4.74 Å². The van der Waals surface area contributed by atoms with Crippen LogP contribution >= 0.6 is 0 Å². The van der Waals surface area contributed by atoms with E-state index in [0.29, 0.717) is 0 Å². The number of nitrogens with one attached hydrogen (secondary N) is 1. The second-order valence-electron chi connectivity index (χ2n) is 4.35. The molecule has 0 fully saturated rings. The SMILES string of the molecule is CCNC(c1ccc(OC)c(C)c1)c1cnccn1. The first-order valence-electron chi connectivity index (χ1n) is 6.40. The molecule has 2 rings (SSSR count). The molecule has 1 unspecified atom stereocenters. The third kappa shape index (κ3) is 3.09. The van der Waals surface area contributed by atoms with Crippen LogP contribution in [-0.4, -0.2) is 23.6 Å². The summed E-state index contributed by atoms with van der Waals surface area (Å²) in [5, 5.41) is 3.44. The molecule has 0 saturated carbocycles. The normalized spacial score (nSPS) is 12.2. The number of hydrogen-bond donors (Lipinski definition) is 1. The Morgan fingerprint density at radius 3 is 2.74 bits per heavy atom. The molecule has 1 atom stereocenters. The van der Waals surface area contributed by atoms with Crippen molar-refractivity contribution >= 4 is 0 Å².